The number of nitrogens with one attached hydrogen (secondary N) is 1. The molecule has 2 nitrogen and oxygen atoms in total. The highest BCUT2D eigenvalue weighted by molar-refractivity contribution is 6.30. The van der Waals surface area contributed by atoms with Gasteiger partial charge in [-0.1, -0.05) is 18.0 Å². The second kappa shape index (κ2) is 7.39. The van der Waals surface area contributed by atoms with Crippen LogP contribution in [0.4, 0.5) is 4.39 Å². The minimum Gasteiger partial charge on any atom is -0.313 e. The standard InChI is InChI=1S/C16H24ClFN2/c1-12(2)20(11-16-5-3-4-6-19-16)10-13-7-14(17)9-15(18)8-13/h7-9,12,16,19H,3-6,10-11H2,1-2H3. The molecule has 0 aromatic heterocycles. The number of hydrogen-bond donors (Lipinski definition) is 1. The lowest BCUT2D eigenvalue weighted by atomic mass is 10.0. The van der Waals surface area contributed by atoms with Gasteiger partial charge in [-0.05, 0) is 57.0 Å². The molecule has 0 aliphatic carbocycles. The van der Waals surface area contributed by atoms with Gasteiger partial charge in [-0.25, -0.2) is 4.39 Å². The first kappa shape index (κ1) is 15.7. The van der Waals surface area contributed by atoms with E-state index in [1.165, 1.54) is 25.3 Å². The van der Waals surface area contributed by atoms with Gasteiger partial charge in [0, 0.05) is 30.2 Å². The highest BCUT2D eigenvalue weighted by Crippen LogP contribution is 2.18. The maximum atomic E-state index is 13.4. The molecule has 1 saturated heterocycles. The summed E-state index contributed by atoms with van der Waals surface area (Å²) in [6.45, 7) is 7.23. The zero-order valence-electron chi connectivity index (χ0n) is 12.3. The van der Waals surface area contributed by atoms with Crippen molar-refractivity contribution in [3.05, 3.63) is 34.6 Å². The Morgan fingerprint density at radius 2 is 2.15 bits per heavy atom. The van der Waals surface area contributed by atoms with Crippen LogP contribution in [0.5, 0.6) is 0 Å². The number of nitrogens with zero attached hydrogens (tertiary/aromatic N) is 1. The Labute approximate surface area is 126 Å². The van der Waals surface area contributed by atoms with E-state index in [4.69, 9.17) is 11.6 Å². The molecule has 0 amide bonds. The fraction of sp³-hybridized carbons (Fsp3) is 0.625. The molecule has 112 valence electrons. The Hall–Kier alpha value is -0.640. The maximum absolute atomic E-state index is 13.4. The second-order valence-electron chi connectivity index (χ2n) is 5.95. The van der Waals surface area contributed by atoms with E-state index in [-0.39, 0.29) is 5.82 Å². The SMILES string of the molecule is CC(C)N(Cc1cc(F)cc(Cl)c1)CC1CCCCN1. The third-order valence-electron chi connectivity index (χ3n) is 3.91. The molecule has 1 heterocycles. The Morgan fingerprint density at radius 1 is 1.35 bits per heavy atom. The molecule has 1 fully saturated rings. The molecular weight excluding hydrogens is 275 g/mol. The lowest BCUT2D eigenvalue weighted by Gasteiger charge is -2.33. The van der Waals surface area contributed by atoms with Gasteiger partial charge in [0.05, 0.1) is 0 Å². The van der Waals surface area contributed by atoms with E-state index in [9.17, 15) is 4.39 Å². The van der Waals surface area contributed by atoms with Gasteiger partial charge in [-0.2, -0.15) is 0 Å². The van der Waals surface area contributed by atoms with Crippen LogP contribution in [0.1, 0.15) is 38.7 Å². The smallest absolute Gasteiger partial charge is 0.125 e. The van der Waals surface area contributed by atoms with Crippen LogP contribution < -0.4 is 5.32 Å². The van der Waals surface area contributed by atoms with Crippen molar-refractivity contribution < 1.29 is 4.39 Å². The lowest BCUT2D eigenvalue weighted by molar-refractivity contribution is 0.177. The third kappa shape index (κ3) is 4.72. The summed E-state index contributed by atoms with van der Waals surface area (Å²) in [5, 5.41) is 4.04. The van der Waals surface area contributed by atoms with E-state index in [1.807, 2.05) is 6.07 Å². The molecule has 1 aromatic carbocycles. The summed E-state index contributed by atoms with van der Waals surface area (Å²) < 4.78 is 13.4. The fourth-order valence-electron chi connectivity index (χ4n) is 2.76. The number of benzene rings is 1. The first-order valence-electron chi connectivity index (χ1n) is 7.47. The summed E-state index contributed by atoms with van der Waals surface area (Å²) >= 11 is 5.93. The quantitative estimate of drug-likeness (QED) is 0.889. The van der Waals surface area contributed by atoms with Crippen LogP contribution in [0.15, 0.2) is 18.2 Å². The zero-order chi connectivity index (χ0) is 14.5. The topological polar surface area (TPSA) is 15.3 Å². The Bertz CT molecular complexity index is 410. The van der Waals surface area contributed by atoms with Crippen LogP contribution in [0.2, 0.25) is 5.02 Å². The first-order valence-corrected chi connectivity index (χ1v) is 7.85. The molecule has 0 bridgehead atoms. The molecular formula is C16H24ClFN2. The molecule has 0 radical (unpaired) electrons. The molecule has 1 aromatic rings. The van der Waals surface area contributed by atoms with Crippen molar-refractivity contribution in [3.8, 4) is 0 Å². The van der Waals surface area contributed by atoms with Gasteiger partial charge >= 0.3 is 0 Å². The van der Waals surface area contributed by atoms with Crippen LogP contribution in [0.3, 0.4) is 0 Å². The van der Waals surface area contributed by atoms with E-state index in [0.717, 1.165) is 25.2 Å². The minimum atomic E-state index is -0.257. The van der Waals surface area contributed by atoms with E-state index >= 15 is 0 Å². The zero-order valence-corrected chi connectivity index (χ0v) is 13.1. The van der Waals surface area contributed by atoms with Crippen molar-refractivity contribution in [1.29, 1.82) is 0 Å². The molecule has 1 aliphatic heterocycles. The molecule has 0 saturated carbocycles. The van der Waals surface area contributed by atoms with Crippen molar-refractivity contribution >= 4 is 11.6 Å². The van der Waals surface area contributed by atoms with Gasteiger partial charge in [0.1, 0.15) is 5.82 Å². The largest absolute Gasteiger partial charge is 0.313 e. The maximum Gasteiger partial charge on any atom is 0.125 e. The molecule has 1 N–H and O–H groups in total. The van der Waals surface area contributed by atoms with Gasteiger partial charge in [-0.3, -0.25) is 4.90 Å². The molecule has 1 aliphatic rings. The molecule has 1 unspecified atom stereocenters. The van der Waals surface area contributed by atoms with Crippen molar-refractivity contribution in [1.82, 2.24) is 10.2 Å². The highest BCUT2D eigenvalue weighted by atomic mass is 35.5. The highest BCUT2D eigenvalue weighted by Gasteiger charge is 2.19. The van der Waals surface area contributed by atoms with Crippen LogP contribution in [0.25, 0.3) is 0 Å². The Morgan fingerprint density at radius 3 is 2.75 bits per heavy atom. The summed E-state index contributed by atoms with van der Waals surface area (Å²) in [5.41, 5.74) is 0.944. The van der Waals surface area contributed by atoms with Crippen LogP contribution in [-0.2, 0) is 6.54 Å². The Balaban J connectivity index is 2.00. The van der Waals surface area contributed by atoms with Crippen LogP contribution >= 0.6 is 11.6 Å². The number of hydrogen-bond acceptors (Lipinski definition) is 2. The van der Waals surface area contributed by atoms with Crippen molar-refractivity contribution in [3.63, 3.8) is 0 Å². The number of rotatable bonds is 5. The monoisotopic (exact) mass is 298 g/mol. The van der Waals surface area contributed by atoms with Gasteiger partial charge < -0.3 is 5.32 Å². The lowest BCUT2D eigenvalue weighted by Crippen LogP contribution is -2.45. The summed E-state index contributed by atoms with van der Waals surface area (Å²) in [5.74, 6) is -0.257. The van der Waals surface area contributed by atoms with E-state index in [0.29, 0.717) is 17.1 Å². The summed E-state index contributed by atoms with van der Waals surface area (Å²) in [7, 11) is 0. The van der Waals surface area contributed by atoms with Crippen molar-refractivity contribution in [2.24, 2.45) is 0 Å². The average Bonchev–Trinajstić information content (AvgIpc) is 2.38. The predicted octanol–water partition coefficient (Wildman–Crippen LogP) is 3.83. The normalized spacial score (nSPS) is 19.8. The van der Waals surface area contributed by atoms with E-state index in [2.05, 4.69) is 24.1 Å². The fourth-order valence-corrected chi connectivity index (χ4v) is 3.00. The summed E-state index contributed by atoms with van der Waals surface area (Å²) in [6.07, 6.45) is 3.81. The van der Waals surface area contributed by atoms with Crippen molar-refractivity contribution in [2.75, 3.05) is 13.1 Å². The van der Waals surface area contributed by atoms with Gasteiger partial charge in [0.15, 0.2) is 0 Å². The average molecular weight is 299 g/mol. The van der Waals surface area contributed by atoms with E-state index in [1.54, 1.807) is 6.07 Å². The first-order chi connectivity index (χ1) is 9.54. The Kier molecular flexibility index (Phi) is 5.82. The van der Waals surface area contributed by atoms with Crippen LogP contribution in [0, 0.1) is 5.82 Å². The third-order valence-corrected chi connectivity index (χ3v) is 4.12. The van der Waals surface area contributed by atoms with E-state index < -0.39 is 0 Å². The number of piperidine rings is 1. The van der Waals surface area contributed by atoms with Gasteiger partial charge in [0.25, 0.3) is 0 Å². The minimum absolute atomic E-state index is 0.257. The van der Waals surface area contributed by atoms with Crippen LogP contribution in [-0.4, -0.2) is 30.1 Å². The van der Waals surface area contributed by atoms with Gasteiger partial charge in [-0.15, -0.1) is 0 Å². The predicted molar refractivity (Wildman–Crippen MR) is 82.6 cm³/mol. The van der Waals surface area contributed by atoms with Gasteiger partial charge in [0.2, 0.25) is 0 Å². The summed E-state index contributed by atoms with van der Waals surface area (Å²) in [6, 6.07) is 5.77. The molecule has 4 heteroatoms. The molecule has 20 heavy (non-hydrogen) atoms. The molecule has 2 rings (SSSR count). The summed E-state index contributed by atoms with van der Waals surface area (Å²) in [4.78, 5) is 2.38. The number of halogens is 2. The van der Waals surface area contributed by atoms with Crippen molar-refractivity contribution in [2.45, 2.75) is 51.7 Å². The molecule has 0 spiro atoms. The molecule has 1 atom stereocenters. The second-order valence-corrected chi connectivity index (χ2v) is 6.38.